The van der Waals surface area contributed by atoms with Gasteiger partial charge < -0.3 is 4.90 Å². The monoisotopic (exact) mass is 315 g/mol. The van der Waals surface area contributed by atoms with E-state index in [0.717, 1.165) is 18.0 Å². The molecule has 0 aromatic carbocycles. The van der Waals surface area contributed by atoms with Gasteiger partial charge in [0.05, 0.1) is 18.8 Å². The van der Waals surface area contributed by atoms with Gasteiger partial charge in [-0.25, -0.2) is 14.4 Å². The standard InChI is InChI=1S/C15H14FN5O2/c16-12-8-18-15(19-9-12)21-5-4-20(10-14(21)23)13(22)6-11-2-1-3-17-7-11/h1-3,7-9H,4-6,10H2. The van der Waals surface area contributed by atoms with E-state index in [0.29, 0.717) is 6.54 Å². The lowest BCUT2D eigenvalue weighted by Gasteiger charge is -2.33. The first-order chi connectivity index (χ1) is 11.1. The summed E-state index contributed by atoms with van der Waals surface area (Å²) in [6.45, 7) is 0.620. The van der Waals surface area contributed by atoms with Crippen molar-refractivity contribution in [2.45, 2.75) is 6.42 Å². The molecule has 7 nitrogen and oxygen atoms in total. The van der Waals surface area contributed by atoms with E-state index < -0.39 is 5.82 Å². The molecule has 118 valence electrons. The molecule has 0 unspecified atom stereocenters. The first kappa shape index (κ1) is 15.0. The fraction of sp³-hybridized carbons (Fsp3) is 0.267. The lowest BCUT2D eigenvalue weighted by atomic mass is 10.2. The number of nitrogens with zero attached hydrogens (tertiary/aromatic N) is 5. The Bertz CT molecular complexity index is 708. The molecule has 1 saturated heterocycles. The fourth-order valence-electron chi connectivity index (χ4n) is 2.33. The maximum Gasteiger partial charge on any atom is 0.249 e. The van der Waals surface area contributed by atoms with E-state index in [1.54, 1.807) is 18.5 Å². The second kappa shape index (κ2) is 6.47. The highest BCUT2D eigenvalue weighted by Gasteiger charge is 2.29. The Morgan fingerprint density at radius 1 is 1.22 bits per heavy atom. The molecular formula is C15H14FN5O2. The topological polar surface area (TPSA) is 79.3 Å². The predicted molar refractivity (Wildman–Crippen MR) is 78.9 cm³/mol. The summed E-state index contributed by atoms with van der Waals surface area (Å²) < 4.78 is 12.8. The molecular weight excluding hydrogens is 301 g/mol. The van der Waals surface area contributed by atoms with Gasteiger partial charge in [-0.1, -0.05) is 6.07 Å². The number of carbonyl (C=O) groups excluding carboxylic acids is 2. The van der Waals surface area contributed by atoms with Gasteiger partial charge in [-0.05, 0) is 11.6 Å². The van der Waals surface area contributed by atoms with Crippen molar-refractivity contribution < 1.29 is 14.0 Å². The van der Waals surface area contributed by atoms with Crippen LogP contribution in [0.4, 0.5) is 10.3 Å². The van der Waals surface area contributed by atoms with Gasteiger partial charge in [-0.15, -0.1) is 0 Å². The Morgan fingerprint density at radius 2 is 2.00 bits per heavy atom. The quantitative estimate of drug-likeness (QED) is 0.820. The van der Waals surface area contributed by atoms with Gasteiger partial charge in [-0.3, -0.25) is 19.5 Å². The SMILES string of the molecule is O=C(Cc1cccnc1)N1CCN(c2ncc(F)cn2)C(=O)C1. The minimum Gasteiger partial charge on any atom is -0.331 e. The van der Waals surface area contributed by atoms with Crippen LogP contribution in [0.15, 0.2) is 36.9 Å². The van der Waals surface area contributed by atoms with Gasteiger partial charge in [0.15, 0.2) is 5.82 Å². The molecule has 0 radical (unpaired) electrons. The van der Waals surface area contributed by atoms with Crippen LogP contribution >= 0.6 is 0 Å². The highest BCUT2D eigenvalue weighted by molar-refractivity contribution is 5.96. The molecule has 1 fully saturated rings. The third-order valence-electron chi connectivity index (χ3n) is 3.50. The minimum absolute atomic E-state index is 0.0418. The second-order valence-corrected chi connectivity index (χ2v) is 5.10. The molecule has 0 N–H and O–H groups in total. The molecule has 0 bridgehead atoms. The summed E-state index contributed by atoms with van der Waals surface area (Å²) >= 11 is 0. The Morgan fingerprint density at radius 3 is 2.65 bits per heavy atom. The van der Waals surface area contributed by atoms with Gasteiger partial charge in [0.25, 0.3) is 0 Å². The Balaban J connectivity index is 1.63. The summed E-state index contributed by atoms with van der Waals surface area (Å²) in [6, 6.07) is 3.58. The third kappa shape index (κ3) is 3.47. The van der Waals surface area contributed by atoms with Crippen molar-refractivity contribution in [1.29, 1.82) is 0 Å². The summed E-state index contributed by atoms with van der Waals surface area (Å²) in [5, 5.41) is 0. The maximum atomic E-state index is 12.8. The summed E-state index contributed by atoms with van der Waals surface area (Å²) in [7, 11) is 0. The van der Waals surface area contributed by atoms with Crippen LogP contribution in [0.2, 0.25) is 0 Å². The Kier molecular flexibility index (Phi) is 4.22. The molecule has 1 aliphatic heterocycles. The predicted octanol–water partition coefficient (Wildman–Crippen LogP) is 0.429. The van der Waals surface area contributed by atoms with Gasteiger partial charge in [0.1, 0.15) is 6.54 Å². The normalized spacial score (nSPS) is 14.9. The van der Waals surface area contributed by atoms with E-state index in [2.05, 4.69) is 15.0 Å². The number of hydrogen-bond donors (Lipinski definition) is 0. The molecule has 0 saturated carbocycles. The molecule has 23 heavy (non-hydrogen) atoms. The number of carbonyl (C=O) groups is 2. The van der Waals surface area contributed by atoms with Gasteiger partial charge >= 0.3 is 0 Å². The van der Waals surface area contributed by atoms with Crippen LogP contribution in [0.25, 0.3) is 0 Å². The van der Waals surface area contributed by atoms with Crippen molar-refractivity contribution in [3.8, 4) is 0 Å². The third-order valence-corrected chi connectivity index (χ3v) is 3.50. The second-order valence-electron chi connectivity index (χ2n) is 5.10. The molecule has 3 heterocycles. The van der Waals surface area contributed by atoms with E-state index in [9.17, 15) is 14.0 Å². The van der Waals surface area contributed by atoms with E-state index in [1.165, 1.54) is 9.80 Å². The maximum absolute atomic E-state index is 12.8. The van der Waals surface area contributed by atoms with Crippen molar-refractivity contribution in [2.75, 3.05) is 24.5 Å². The molecule has 0 aliphatic carbocycles. The number of piperazine rings is 1. The summed E-state index contributed by atoms with van der Waals surface area (Å²) in [4.78, 5) is 38.8. The average molecular weight is 315 g/mol. The highest BCUT2D eigenvalue weighted by atomic mass is 19.1. The van der Waals surface area contributed by atoms with E-state index in [-0.39, 0.29) is 37.3 Å². The highest BCUT2D eigenvalue weighted by Crippen LogP contribution is 2.13. The molecule has 0 spiro atoms. The van der Waals surface area contributed by atoms with Crippen LogP contribution in [0.3, 0.4) is 0 Å². The van der Waals surface area contributed by atoms with E-state index >= 15 is 0 Å². The lowest BCUT2D eigenvalue weighted by molar-refractivity contribution is -0.136. The first-order valence-electron chi connectivity index (χ1n) is 7.08. The van der Waals surface area contributed by atoms with Crippen LogP contribution in [0.5, 0.6) is 0 Å². The van der Waals surface area contributed by atoms with Crippen LogP contribution in [0.1, 0.15) is 5.56 Å². The number of halogens is 1. The molecule has 2 aromatic heterocycles. The summed E-state index contributed by atoms with van der Waals surface area (Å²) in [5.41, 5.74) is 0.800. The van der Waals surface area contributed by atoms with Crippen LogP contribution in [0, 0.1) is 5.82 Å². The molecule has 3 rings (SSSR count). The average Bonchev–Trinajstić information content (AvgIpc) is 2.57. The number of amides is 2. The van der Waals surface area contributed by atoms with Crippen molar-refractivity contribution in [2.24, 2.45) is 0 Å². The van der Waals surface area contributed by atoms with Gasteiger partial charge in [0, 0.05) is 25.5 Å². The number of rotatable bonds is 3. The molecule has 8 heteroatoms. The number of pyridine rings is 1. The summed E-state index contributed by atoms with van der Waals surface area (Å²) in [5.74, 6) is -0.837. The lowest BCUT2D eigenvalue weighted by Crippen LogP contribution is -2.53. The molecule has 0 atom stereocenters. The van der Waals surface area contributed by atoms with Gasteiger partial charge in [0.2, 0.25) is 17.8 Å². The zero-order valence-electron chi connectivity index (χ0n) is 12.2. The summed E-state index contributed by atoms with van der Waals surface area (Å²) in [6.07, 6.45) is 5.49. The number of anilines is 1. The van der Waals surface area contributed by atoms with Crippen LogP contribution in [-0.4, -0.2) is 51.3 Å². The van der Waals surface area contributed by atoms with E-state index in [1.807, 2.05) is 6.07 Å². The molecule has 2 aromatic rings. The number of aromatic nitrogens is 3. The largest absolute Gasteiger partial charge is 0.331 e. The van der Waals surface area contributed by atoms with Crippen LogP contribution in [-0.2, 0) is 16.0 Å². The molecule has 1 aliphatic rings. The van der Waals surface area contributed by atoms with Crippen molar-refractivity contribution in [3.63, 3.8) is 0 Å². The van der Waals surface area contributed by atoms with Crippen molar-refractivity contribution in [3.05, 3.63) is 48.3 Å². The first-order valence-corrected chi connectivity index (χ1v) is 7.08. The van der Waals surface area contributed by atoms with Crippen molar-refractivity contribution in [1.82, 2.24) is 19.9 Å². The Hall–Kier alpha value is -2.90. The van der Waals surface area contributed by atoms with Gasteiger partial charge in [-0.2, -0.15) is 0 Å². The zero-order chi connectivity index (χ0) is 16.2. The van der Waals surface area contributed by atoms with Crippen molar-refractivity contribution >= 4 is 17.8 Å². The minimum atomic E-state index is -0.563. The van der Waals surface area contributed by atoms with E-state index in [4.69, 9.17) is 0 Å². The Labute approximate surface area is 131 Å². The smallest absolute Gasteiger partial charge is 0.249 e. The number of hydrogen-bond acceptors (Lipinski definition) is 5. The zero-order valence-corrected chi connectivity index (χ0v) is 12.2. The fourth-order valence-corrected chi connectivity index (χ4v) is 2.33. The molecule has 2 amide bonds. The van der Waals surface area contributed by atoms with Crippen LogP contribution < -0.4 is 4.90 Å².